The Kier molecular flexibility index (Phi) is 4.83. The van der Waals surface area contributed by atoms with Crippen molar-refractivity contribution in [1.29, 1.82) is 0 Å². The zero-order chi connectivity index (χ0) is 12.1. The Morgan fingerprint density at radius 2 is 1.65 bits per heavy atom. The Hall–Kier alpha value is -0.120. The maximum Gasteiger partial charge on any atom is 0.0531 e. The van der Waals surface area contributed by atoms with Crippen LogP contribution in [0.25, 0.3) is 0 Å². The zero-order valence-corrected chi connectivity index (χ0v) is 11.2. The molecule has 0 N–H and O–H groups in total. The first-order valence-corrected chi connectivity index (χ1v) is 7.06. The maximum atomic E-state index is 5.93. The van der Waals surface area contributed by atoms with Crippen LogP contribution in [-0.4, -0.2) is 39.6 Å². The summed E-state index contributed by atoms with van der Waals surface area (Å²) < 4.78 is 16.7. The van der Waals surface area contributed by atoms with Crippen LogP contribution < -0.4 is 0 Å². The fourth-order valence-electron chi connectivity index (χ4n) is 2.89. The third-order valence-corrected chi connectivity index (χ3v) is 4.57. The van der Waals surface area contributed by atoms with Gasteiger partial charge in [0.25, 0.3) is 0 Å². The van der Waals surface area contributed by atoms with E-state index in [9.17, 15) is 0 Å². The molecule has 0 atom stereocenters. The molecule has 3 nitrogen and oxygen atoms in total. The van der Waals surface area contributed by atoms with E-state index < -0.39 is 0 Å². The van der Waals surface area contributed by atoms with Crippen molar-refractivity contribution in [1.82, 2.24) is 0 Å². The predicted octanol–water partition coefficient (Wildman–Crippen LogP) is 2.49. The number of hydrogen-bond donors (Lipinski definition) is 0. The van der Waals surface area contributed by atoms with Gasteiger partial charge >= 0.3 is 0 Å². The molecule has 0 aromatic carbocycles. The van der Waals surface area contributed by atoms with Crippen LogP contribution in [0.1, 0.15) is 33.1 Å². The first-order valence-electron chi connectivity index (χ1n) is 7.06. The van der Waals surface area contributed by atoms with Gasteiger partial charge in [0.05, 0.1) is 33.0 Å². The quantitative estimate of drug-likeness (QED) is 0.612. The zero-order valence-electron chi connectivity index (χ0n) is 11.2. The molecule has 2 aliphatic heterocycles. The van der Waals surface area contributed by atoms with Crippen LogP contribution in [0.2, 0.25) is 0 Å². The Bertz CT molecular complexity index is 208. The van der Waals surface area contributed by atoms with E-state index in [1.54, 1.807) is 0 Å². The van der Waals surface area contributed by atoms with E-state index >= 15 is 0 Å². The SMILES string of the molecule is CCCCOCC(CC)(C1COC1)C1COC1. The Labute approximate surface area is 105 Å². The van der Waals surface area contributed by atoms with Gasteiger partial charge in [-0.25, -0.2) is 0 Å². The average Bonchev–Trinajstić information content (AvgIpc) is 2.18. The van der Waals surface area contributed by atoms with Crippen molar-refractivity contribution in [3.63, 3.8) is 0 Å². The van der Waals surface area contributed by atoms with E-state index in [1.807, 2.05) is 0 Å². The largest absolute Gasteiger partial charge is 0.381 e. The molecule has 100 valence electrons. The van der Waals surface area contributed by atoms with E-state index in [0.717, 1.165) is 39.6 Å². The summed E-state index contributed by atoms with van der Waals surface area (Å²) in [5.41, 5.74) is 0.310. The number of ether oxygens (including phenoxy) is 3. The standard InChI is InChI=1S/C14H26O3/c1-3-5-6-15-11-14(4-2,12-7-16-8-12)13-9-17-10-13/h12-13H,3-11H2,1-2H3. The van der Waals surface area contributed by atoms with Crippen molar-refractivity contribution >= 4 is 0 Å². The van der Waals surface area contributed by atoms with E-state index in [-0.39, 0.29) is 0 Å². The highest BCUT2D eigenvalue weighted by molar-refractivity contribution is 4.96. The number of rotatable bonds is 8. The summed E-state index contributed by atoms with van der Waals surface area (Å²) in [4.78, 5) is 0. The van der Waals surface area contributed by atoms with E-state index in [4.69, 9.17) is 14.2 Å². The van der Waals surface area contributed by atoms with Crippen molar-refractivity contribution in [3.05, 3.63) is 0 Å². The fraction of sp³-hybridized carbons (Fsp3) is 1.00. The van der Waals surface area contributed by atoms with E-state index in [1.165, 1.54) is 19.3 Å². The maximum absolute atomic E-state index is 5.93. The smallest absolute Gasteiger partial charge is 0.0531 e. The van der Waals surface area contributed by atoms with Crippen LogP contribution in [-0.2, 0) is 14.2 Å². The number of hydrogen-bond acceptors (Lipinski definition) is 3. The van der Waals surface area contributed by atoms with Gasteiger partial charge in [-0.15, -0.1) is 0 Å². The highest BCUT2D eigenvalue weighted by Crippen LogP contribution is 2.46. The van der Waals surface area contributed by atoms with Gasteiger partial charge in [-0.3, -0.25) is 0 Å². The van der Waals surface area contributed by atoms with E-state index in [2.05, 4.69) is 13.8 Å². The van der Waals surface area contributed by atoms with Crippen LogP contribution in [0.5, 0.6) is 0 Å². The lowest BCUT2D eigenvalue weighted by Gasteiger charge is -2.52. The minimum absolute atomic E-state index is 0.310. The summed E-state index contributed by atoms with van der Waals surface area (Å²) in [6.07, 6.45) is 3.56. The monoisotopic (exact) mass is 242 g/mol. The van der Waals surface area contributed by atoms with Crippen molar-refractivity contribution in [2.45, 2.75) is 33.1 Å². The molecular formula is C14H26O3. The molecule has 17 heavy (non-hydrogen) atoms. The molecule has 0 saturated carbocycles. The van der Waals surface area contributed by atoms with Crippen molar-refractivity contribution in [2.24, 2.45) is 17.3 Å². The average molecular weight is 242 g/mol. The van der Waals surface area contributed by atoms with Gasteiger partial charge in [0.1, 0.15) is 0 Å². The summed E-state index contributed by atoms with van der Waals surface area (Å²) in [5, 5.41) is 0. The van der Waals surface area contributed by atoms with Gasteiger partial charge in [0.2, 0.25) is 0 Å². The minimum atomic E-state index is 0.310. The van der Waals surface area contributed by atoms with Crippen molar-refractivity contribution in [2.75, 3.05) is 39.6 Å². The Balaban J connectivity index is 1.89. The fourth-order valence-corrected chi connectivity index (χ4v) is 2.89. The summed E-state index contributed by atoms with van der Waals surface area (Å²) >= 11 is 0. The molecule has 2 aliphatic rings. The van der Waals surface area contributed by atoms with Gasteiger partial charge in [-0.1, -0.05) is 20.3 Å². The summed E-state index contributed by atoms with van der Waals surface area (Å²) in [5.74, 6) is 1.37. The van der Waals surface area contributed by atoms with E-state index in [0.29, 0.717) is 17.3 Å². The predicted molar refractivity (Wildman–Crippen MR) is 67.1 cm³/mol. The van der Waals surface area contributed by atoms with Crippen LogP contribution in [0.4, 0.5) is 0 Å². The van der Waals surface area contributed by atoms with Crippen molar-refractivity contribution < 1.29 is 14.2 Å². The summed E-state index contributed by atoms with van der Waals surface area (Å²) in [6.45, 7) is 9.96. The highest BCUT2D eigenvalue weighted by Gasteiger charge is 2.49. The third kappa shape index (κ3) is 2.67. The lowest BCUT2D eigenvalue weighted by atomic mass is 9.63. The molecule has 2 rings (SSSR count). The van der Waals surface area contributed by atoms with Gasteiger partial charge in [0, 0.05) is 23.9 Å². The second kappa shape index (κ2) is 6.17. The summed E-state index contributed by atoms with van der Waals surface area (Å²) in [7, 11) is 0. The first kappa shape index (κ1) is 13.3. The Morgan fingerprint density at radius 3 is 2.00 bits per heavy atom. The normalized spacial score (nSPS) is 22.2. The van der Waals surface area contributed by atoms with Crippen LogP contribution in [0.3, 0.4) is 0 Å². The van der Waals surface area contributed by atoms with Crippen LogP contribution >= 0.6 is 0 Å². The molecule has 0 bridgehead atoms. The van der Waals surface area contributed by atoms with Crippen LogP contribution in [0.15, 0.2) is 0 Å². The molecule has 0 aromatic heterocycles. The first-order chi connectivity index (χ1) is 8.33. The molecule has 2 fully saturated rings. The molecule has 0 spiro atoms. The molecule has 0 amide bonds. The van der Waals surface area contributed by atoms with Gasteiger partial charge in [0.15, 0.2) is 0 Å². The molecule has 0 aromatic rings. The molecule has 2 saturated heterocycles. The molecule has 3 heteroatoms. The second-order valence-corrected chi connectivity index (χ2v) is 5.46. The minimum Gasteiger partial charge on any atom is -0.381 e. The summed E-state index contributed by atoms with van der Waals surface area (Å²) in [6, 6.07) is 0. The lowest BCUT2D eigenvalue weighted by Crippen LogP contribution is -2.55. The second-order valence-electron chi connectivity index (χ2n) is 5.46. The number of unbranched alkanes of at least 4 members (excludes halogenated alkanes) is 1. The lowest BCUT2D eigenvalue weighted by molar-refractivity contribution is -0.200. The third-order valence-electron chi connectivity index (χ3n) is 4.57. The molecule has 2 heterocycles. The highest BCUT2D eigenvalue weighted by atomic mass is 16.5. The van der Waals surface area contributed by atoms with Crippen molar-refractivity contribution in [3.8, 4) is 0 Å². The van der Waals surface area contributed by atoms with Gasteiger partial charge < -0.3 is 14.2 Å². The molecule has 0 unspecified atom stereocenters. The molecule has 0 radical (unpaired) electrons. The van der Waals surface area contributed by atoms with Gasteiger partial charge in [-0.05, 0) is 12.8 Å². The topological polar surface area (TPSA) is 27.7 Å². The molecular weight excluding hydrogens is 216 g/mol. The van der Waals surface area contributed by atoms with Crippen LogP contribution in [0, 0.1) is 17.3 Å². The van der Waals surface area contributed by atoms with Gasteiger partial charge in [-0.2, -0.15) is 0 Å². The molecule has 0 aliphatic carbocycles. The Morgan fingerprint density at radius 1 is 1.06 bits per heavy atom.